The van der Waals surface area contributed by atoms with E-state index in [-0.39, 0.29) is 0 Å². The second-order valence-corrected chi connectivity index (χ2v) is 6.68. The summed E-state index contributed by atoms with van der Waals surface area (Å²) in [5.41, 5.74) is 4.17. The average molecular weight is 289 g/mol. The molecule has 1 aliphatic heterocycles. The summed E-state index contributed by atoms with van der Waals surface area (Å²) in [6.07, 6.45) is 2.58. The molecule has 1 N–H and O–H groups in total. The fraction of sp³-hybridized carbons (Fsp3) is 0.667. The molecule has 3 nitrogen and oxygen atoms in total. The van der Waals surface area contributed by atoms with E-state index in [1.165, 1.54) is 42.6 Å². The third-order valence-electron chi connectivity index (χ3n) is 4.93. The Morgan fingerprint density at radius 3 is 2.52 bits per heavy atom. The van der Waals surface area contributed by atoms with Crippen LogP contribution in [0.3, 0.4) is 0 Å². The Labute approximate surface area is 130 Å². The Kier molecular flexibility index (Phi) is 5.80. The molecule has 0 aliphatic carbocycles. The predicted molar refractivity (Wildman–Crippen MR) is 90.9 cm³/mol. The van der Waals surface area contributed by atoms with Gasteiger partial charge in [0.15, 0.2) is 0 Å². The number of nitrogens with one attached hydrogen (secondary N) is 1. The summed E-state index contributed by atoms with van der Waals surface area (Å²) < 4.78 is 0. The van der Waals surface area contributed by atoms with Crippen molar-refractivity contribution in [2.45, 2.75) is 38.8 Å². The van der Waals surface area contributed by atoms with Crippen LogP contribution in [0.25, 0.3) is 0 Å². The lowest BCUT2D eigenvalue weighted by molar-refractivity contribution is 0.135. The van der Waals surface area contributed by atoms with Gasteiger partial charge in [-0.25, -0.2) is 0 Å². The fourth-order valence-corrected chi connectivity index (χ4v) is 3.43. The van der Waals surface area contributed by atoms with Gasteiger partial charge in [0.25, 0.3) is 0 Å². The molecule has 0 radical (unpaired) electrons. The minimum Gasteiger partial charge on any atom is -0.312 e. The van der Waals surface area contributed by atoms with Crippen LogP contribution in [0.15, 0.2) is 18.2 Å². The number of hydrogen-bond acceptors (Lipinski definition) is 3. The molecule has 1 aromatic rings. The zero-order chi connectivity index (χ0) is 15.4. The van der Waals surface area contributed by atoms with Gasteiger partial charge in [0.05, 0.1) is 0 Å². The summed E-state index contributed by atoms with van der Waals surface area (Å²) >= 11 is 0. The van der Waals surface area contributed by atoms with Gasteiger partial charge in [0.2, 0.25) is 0 Å². The lowest BCUT2D eigenvalue weighted by Gasteiger charge is -2.37. The van der Waals surface area contributed by atoms with Crippen molar-refractivity contribution in [2.24, 2.45) is 0 Å². The van der Waals surface area contributed by atoms with Crippen molar-refractivity contribution in [3.05, 3.63) is 34.9 Å². The van der Waals surface area contributed by atoms with Crippen LogP contribution in [0.1, 0.15) is 35.6 Å². The molecule has 1 atom stereocenters. The van der Waals surface area contributed by atoms with E-state index in [4.69, 9.17) is 0 Å². The van der Waals surface area contributed by atoms with Crippen molar-refractivity contribution < 1.29 is 0 Å². The van der Waals surface area contributed by atoms with Gasteiger partial charge in [-0.05, 0) is 72.0 Å². The molecular weight excluding hydrogens is 258 g/mol. The maximum Gasteiger partial charge on any atom is 0.0449 e. The second kappa shape index (κ2) is 7.39. The first-order valence-electron chi connectivity index (χ1n) is 8.14. The molecular formula is C18H31N3. The number of rotatable bonds is 5. The highest BCUT2D eigenvalue weighted by Crippen LogP contribution is 2.22. The molecule has 0 bridgehead atoms. The number of likely N-dealkylation sites (tertiary alicyclic amines) is 1. The molecule has 2 rings (SSSR count). The summed E-state index contributed by atoms with van der Waals surface area (Å²) in [4.78, 5) is 4.98. The molecule has 1 aromatic carbocycles. The van der Waals surface area contributed by atoms with E-state index < -0.39 is 0 Å². The Morgan fingerprint density at radius 2 is 1.95 bits per heavy atom. The van der Waals surface area contributed by atoms with E-state index >= 15 is 0 Å². The van der Waals surface area contributed by atoms with Crippen LogP contribution in [0.2, 0.25) is 0 Å². The molecule has 1 unspecified atom stereocenters. The first-order valence-corrected chi connectivity index (χ1v) is 8.14. The molecule has 0 aromatic heterocycles. The molecule has 1 saturated heterocycles. The Hall–Kier alpha value is -0.900. The van der Waals surface area contributed by atoms with E-state index in [0.717, 1.165) is 12.6 Å². The van der Waals surface area contributed by atoms with Gasteiger partial charge in [-0.3, -0.25) is 0 Å². The number of likely N-dealkylation sites (N-methyl/N-ethyl adjacent to an activating group) is 2. The molecule has 1 fully saturated rings. The lowest BCUT2D eigenvalue weighted by atomic mass is 9.97. The largest absolute Gasteiger partial charge is 0.312 e. The van der Waals surface area contributed by atoms with Crippen LogP contribution in [0, 0.1) is 13.8 Å². The SMILES string of the molecule is CNC(CN(C)C1CCN(C)CC1)c1ccc(C)cc1C. The number of nitrogens with zero attached hydrogens (tertiary/aromatic N) is 2. The number of hydrogen-bond donors (Lipinski definition) is 1. The highest BCUT2D eigenvalue weighted by molar-refractivity contribution is 5.33. The minimum absolute atomic E-state index is 0.412. The summed E-state index contributed by atoms with van der Waals surface area (Å²) in [5.74, 6) is 0. The Balaban J connectivity index is 2.01. The molecule has 0 amide bonds. The predicted octanol–water partition coefficient (Wildman–Crippen LogP) is 2.59. The van der Waals surface area contributed by atoms with Gasteiger partial charge in [0.1, 0.15) is 0 Å². The van der Waals surface area contributed by atoms with Gasteiger partial charge in [-0.15, -0.1) is 0 Å². The van der Waals surface area contributed by atoms with Crippen LogP contribution in [-0.2, 0) is 0 Å². The highest BCUT2D eigenvalue weighted by Gasteiger charge is 2.23. The normalized spacial score (nSPS) is 19.1. The first-order chi connectivity index (χ1) is 10.0. The first kappa shape index (κ1) is 16.5. The standard InChI is InChI=1S/C18H31N3/c1-14-6-7-17(15(2)12-14)18(19-3)13-21(5)16-8-10-20(4)11-9-16/h6-7,12,16,18-19H,8-11,13H2,1-5H3. The van der Waals surface area contributed by atoms with Crippen molar-refractivity contribution in [2.75, 3.05) is 40.8 Å². The van der Waals surface area contributed by atoms with E-state index in [1.54, 1.807) is 0 Å². The number of benzene rings is 1. The molecule has 3 heteroatoms. The lowest BCUT2D eigenvalue weighted by Crippen LogP contribution is -2.44. The highest BCUT2D eigenvalue weighted by atomic mass is 15.2. The Morgan fingerprint density at radius 1 is 1.29 bits per heavy atom. The van der Waals surface area contributed by atoms with Gasteiger partial charge in [0, 0.05) is 18.6 Å². The van der Waals surface area contributed by atoms with E-state index in [0.29, 0.717) is 6.04 Å². The minimum atomic E-state index is 0.412. The molecule has 0 saturated carbocycles. The van der Waals surface area contributed by atoms with Crippen molar-refractivity contribution in [3.63, 3.8) is 0 Å². The maximum absolute atomic E-state index is 3.51. The summed E-state index contributed by atoms with van der Waals surface area (Å²) in [7, 11) is 6.58. The van der Waals surface area contributed by atoms with Crippen LogP contribution in [-0.4, -0.2) is 56.6 Å². The van der Waals surface area contributed by atoms with Gasteiger partial charge in [-0.1, -0.05) is 23.8 Å². The van der Waals surface area contributed by atoms with Gasteiger partial charge >= 0.3 is 0 Å². The Bertz CT molecular complexity index is 450. The molecule has 0 spiro atoms. The number of piperidine rings is 1. The zero-order valence-electron chi connectivity index (χ0n) is 14.3. The fourth-order valence-electron chi connectivity index (χ4n) is 3.43. The monoisotopic (exact) mass is 289 g/mol. The third-order valence-corrected chi connectivity index (χ3v) is 4.93. The van der Waals surface area contributed by atoms with Crippen molar-refractivity contribution >= 4 is 0 Å². The summed E-state index contributed by atoms with van der Waals surface area (Å²) in [5, 5.41) is 3.51. The average Bonchev–Trinajstić information content (AvgIpc) is 2.46. The topological polar surface area (TPSA) is 18.5 Å². The van der Waals surface area contributed by atoms with Crippen molar-refractivity contribution in [1.82, 2.24) is 15.1 Å². The molecule has 21 heavy (non-hydrogen) atoms. The smallest absolute Gasteiger partial charge is 0.0449 e. The second-order valence-electron chi connectivity index (χ2n) is 6.68. The van der Waals surface area contributed by atoms with E-state index in [9.17, 15) is 0 Å². The van der Waals surface area contributed by atoms with E-state index in [2.05, 4.69) is 68.3 Å². The third kappa shape index (κ3) is 4.29. The van der Waals surface area contributed by atoms with Crippen LogP contribution >= 0.6 is 0 Å². The van der Waals surface area contributed by atoms with Crippen LogP contribution in [0.4, 0.5) is 0 Å². The quantitative estimate of drug-likeness (QED) is 0.899. The van der Waals surface area contributed by atoms with Crippen LogP contribution in [0.5, 0.6) is 0 Å². The number of aryl methyl sites for hydroxylation is 2. The van der Waals surface area contributed by atoms with Gasteiger partial charge in [-0.2, -0.15) is 0 Å². The van der Waals surface area contributed by atoms with Crippen LogP contribution < -0.4 is 5.32 Å². The van der Waals surface area contributed by atoms with Gasteiger partial charge < -0.3 is 15.1 Å². The molecule has 1 aliphatic rings. The molecule has 1 heterocycles. The summed E-state index contributed by atoms with van der Waals surface area (Å²) in [6, 6.07) is 7.93. The maximum atomic E-state index is 3.51. The van der Waals surface area contributed by atoms with Crippen molar-refractivity contribution in [1.29, 1.82) is 0 Å². The van der Waals surface area contributed by atoms with Crippen molar-refractivity contribution in [3.8, 4) is 0 Å². The zero-order valence-corrected chi connectivity index (χ0v) is 14.3. The molecule has 118 valence electrons. The van der Waals surface area contributed by atoms with E-state index in [1.807, 2.05) is 0 Å². The summed E-state index contributed by atoms with van der Waals surface area (Å²) in [6.45, 7) is 7.92.